The summed E-state index contributed by atoms with van der Waals surface area (Å²) in [5.41, 5.74) is 0.636. The van der Waals surface area contributed by atoms with Gasteiger partial charge in [-0.05, 0) is 19.3 Å². The van der Waals surface area contributed by atoms with Crippen molar-refractivity contribution in [2.24, 2.45) is 5.92 Å². The summed E-state index contributed by atoms with van der Waals surface area (Å²) in [6.45, 7) is 7.74. The second-order valence-corrected chi connectivity index (χ2v) is 4.20. The quantitative estimate of drug-likeness (QED) is 0.550. The van der Waals surface area contributed by atoms with E-state index in [0.717, 1.165) is 12.8 Å². The van der Waals surface area contributed by atoms with E-state index in [4.69, 9.17) is 4.74 Å². The van der Waals surface area contributed by atoms with Gasteiger partial charge in [-0.15, -0.1) is 0 Å². The molecule has 98 valence electrons. The number of hydrogen-bond donors (Lipinski definition) is 1. The van der Waals surface area contributed by atoms with Gasteiger partial charge in [-0.2, -0.15) is 0 Å². The minimum Gasteiger partial charge on any atom is -0.463 e. The monoisotopic (exact) mass is 241 g/mol. The summed E-state index contributed by atoms with van der Waals surface area (Å²) in [6, 6.07) is 0. The summed E-state index contributed by atoms with van der Waals surface area (Å²) >= 11 is 0. The van der Waals surface area contributed by atoms with Gasteiger partial charge in [-0.1, -0.05) is 26.7 Å². The molecule has 0 bridgehead atoms. The van der Waals surface area contributed by atoms with Gasteiger partial charge in [0.25, 0.3) is 0 Å². The number of rotatable bonds is 7. The molecular formula is C13H23NO3. The number of hydrogen-bond acceptors (Lipinski definition) is 3. The fourth-order valence-corrected chi connectivity index (χ4v) is 1.67. The van der Waals surface area contributed by atoms with E-state index in [9.17, 15) is 9.59 Å². The van der Waals surface area contributed by atoms with E-state index in [-0.39, 0.29) is 5.91 Å². The molecule has 0 spiro atoms. The number of carbonyl (C=O) groups excluding carboxylic acids is 2. The van der Waals surface area contributed by atoms with Crippen molar-refractivity contribution in [3.05, 3.63) is 11.8 Å². The third-order valence-electron chi connectivity index (χ3n) is 2.27. The molecule has 17 heavy (non-hydrogen) atoms. The Morgan fingerprint density at radius 3 is 2.47 bits per heavy atom. The first-order chi connectivity index (χ1) is 7.99. The molecule has 0 aliphatic carbocycles. The Morgan fingerprint density at radius 2 is 2.00 bits per heavy atom. The Balaban J connectivity index is 4.51. The molecule has 0 saturated heterocycles. The summed E-state index contributed by atoms with van der Waals surface area (Å²) in [4.78, 5) is 22.4. The van der Waals surface area contributed by atoms with Crippen molar-refractivity contribution in [2.45, 2.75) is 47.0 Å². The second kappa shape index (κ2) is 8.79. The third-order valence-corrected chi connectivity index (χ3v) is 2.27. The predicted octanol–water partition coefficient (Wildman–Crippen LogP) is 2.40. The van der Waals surface area contributed by atoms with Crippen LogP contribution in [0.15, 0.2) is 11.8 Å². The van der Waals surface area contributed by atoms with Gasteiger partial charge in [0.2, 0.25) is 5.91 Å². The molecular weight excluding hydrogens is 218 g/mol. The Kier molecular flexibility index (Phi) is 8.11. The molecule has 0 aromatic heterocycles. The molecule has 0 unspecified atom stereocenters. The first-order valence-electron chi connectivity index (χ1n) is 6.14. The zero-order chi connectivity index (χ0) is 13.3. The molecule has 0 saturated carbocycles. The van der Waals surface area contributed by atoms with Gasteiger partial charge in [0.1, 0.15) is 0 Å². The SMILES string of the molecule is CCC[C@@H](C)CC(=CC(=O)OCC)NC(C)=O. The molecule has 0 fully saturated rings. The largest absolute Gasteiger partial charge is 0.463 e. The number of carbonyl (C=O) groups is 2. The molecule has 4 nitrogen and oxygen atoms in total. The van der Waals surface area contributed by atoms with E-state index < -0.39 is 5.97 Å². The maximum absolute atomic E-state index is 11.3. The average molecular weight is 241 g/mol. The van der Waals surface area contributed by atoms with Crippen LogP contribution in [0.25, 0.3) is 0 Å². The highest BCUT2D eigenvalue weighted by molar-refractivity contribution is 5.84. The van der Waals surface area contributed by atoms with Crippen molar-refractivity contribution in [1.29, 1.82) is 0 Å². The van der Waals surface area contributed by atoms with Crippen molar-refractivity contribution in [3.63, 3.8) is 0 Å². The lowest BCUT2D eigenvalue weighted by molar-refractivity contribution is -0.137. The number of ether oxygens (including phenoxy) is 1. The molecule has 0 aliphatic heterocycles. The molecule has 0 heterocycles. The standard InChI is InChI=1S/C13H23NO3/c1-5-7-10(3)8-12(14-11(4)15)9-13(16)17-6-2/h9-10H,5-8H2,1-4H3,(H,14,15)/t10-/m1/s1. The van der Waals surface area contributed by atoms with Crippen LogP contribution in [0.4, 0.5) is 0 Å². The van der Waals surface area contributed by atoms with E-state index in [1.165, 1.54) is 13.0 Å². The van der Waals surface area contributed by atoms with Crippen molar-refractivity contribution in [3.8, 4) is 0 Å². The van der Waals surface area contributed by atoms with E-state index in [0.29, 0.717) is 24.6 Å². The molecule has 0 aliphatic rings. The van der Waals surface area contributed by atoms with Crippen LogP contribution in [-0.2, 0) is 14.3 Å². The van der Waals surface area contributed by atoms with Crippen LogP contribution in [0.1, 0.15) is 47.0 Å². The van der Waals surface area contributed by atoms with Crippen molar-refractivity contribution >= 4 is 11.9 Å². The minimum absolute atomic E-state index is 0.163. The Bertz CT molecular complexity index is 284. The highest BCUT2D eigenvalue weighted by Gasteiger charge is 2.09. The number of amides is 1. The Hall–Kier alpha value is -1.32. The lowest BCUT2D eigenvalue weighted by Crippen LogP contribution is -2.22. The van der Waals surface area contributed by atoms with Gasteiger partial charge >= 0.3 is 5.97 Å². The number of nitrogens with one attached hydrogen (secondary N) is 1. The smallest absolute Gasteiger partial charge is 0.332 e. The highest BCUT2D eigenvalue weighted by Crippen LogP contribution is 2.14. The van der Waals surface area contributed by atoms with Crippen LogP contribution in [0.5, 0.6) is 0 Å². The van der Waals surface area contributed by atoms with E-state index >= 15 is 0 Å². The molecule has 0 aromatic rings. The van der Waals surface area contributed by atoms with Crippen LogP contribution < -0.4 is 5.32 Å². The van der Waals surface area contributed by atoms with Crippen LogP contribution in [0.3, 0.4) is 0 Å². The number of allylic oxidation sites excluding steroid dienone is 1. The number of esters is 1. The first kappa shape index (κ1) is 15.7. The lowest BCUT2D eigenvalue weighted by Gasteiger charge is -2.13. The summed E-state index contributed by atoms with van der Waals surface area (Å²) in [6.07, 6.45) is 4.22. The van der Waals surface area contributed by atoms with E-state index in [2.05, 4.69) is 19.2 Å². The Labute approximate surface area is 103 Å². The van der Waals surface area contributed by atoms with E-state index in [1.54, 1.807) is 6.92 Å². The molecule has 0 rings (SSSR count). The zero-order valence-electron chi connectivity index (χ0n) is 11.2. The third kappa shape index (κ3) is 8.48. The molecule has 1 atom stereocenters. The van der Waals surface area contributed by atoms with Gasteiger partial charge in [0.15, 0.2) is 0 Å². The summed E-state index contributed by atoms with van der Waals surface area (Å²) < 4.78 is 4.83. The van der Waals surface area contributed by atoms with Crippen LogP contribution in [0, 0.1) is 5.92 Å². The molecule has 1 N–H and O–H groups in total. The van der Waals surface area contributed by atoms with Crippen molar-refractivity contribution in [1.82, 2.24) is 5.32 Å². The van der Waals surface area contributed by atoms with Crippen LogP contribution in [-0.4, -0.2) is 18.5 Å². The molecule has 1 amide bonds. The van der Waals surface area contributed by atoms with Crippen LogP contribution in [0.2, 0.25) is 0 Å². The molecule has 0 radical (unpaired) electrons. The Morgan fingerprint density at radius 1 is 1.35 bits per heavy atom. The highest BCUT2D eigenvalue weighted by atomic mass is 16.5. The first-order valence-corrected chi connectivity index (χ1v) is 6.14. The molecule has 0 aromatic carbocycles. The van der Waals surface area contributed by atoms with Gasteiger partial charge in [-0.3, -0.25) is 4.79 Å². The van der Waals surface area contributed by atoms with E-state index in [1.807, 2.05) is 0 Å². The zero-order valence-corrected chi connectivity index (χ0v) is 11.2. The van der Waals surface area contributed by atoms with Crippen LogP contribution >= 0.6 is 0 Å². The normalized spacial score (nSPS) is 13.1. The predicted molar refractivity (Wildman–Crippen MR) is 67.2 cm³/mol. The minimum atomic E-state index is -0.403. The van der Waals surface area contributed by atoms with Gasteiger partial charge < -0.3 is 10.1 Å². The van der Waals surface area contributed by atoms with Crippen molar-refractivity contribution < 1.29 is 14.3 Å². The van der Waals surface area contributed by atoms with Crippen molar-refractivity contribution in [2.75, 3.05) is 6.61 Å². The maximum atomic E-state index is 11.3. The molecule has 4 heteroatoms. The maximum Gasteiger partial charge on any atom is 0.332 e. The van der Waals surface area contributed by atoms with Gasteiger partial charge in [-0.25, -0.2) is 4.79 Å². The fraction of sp³-hybridized carbons (Fsp3) is 0.692. The van der Waals surface area contributed by atoms with Gasteiger partial charge in [0.05, 0.1) is 6.61 Å². The second-order valence-electron chi connectivity index (χ2n) is 4.20. The summed E-state index contributed by atoms with van der Waals surface area (Å²) in [7, 11) is 0. The van der Waals surface area contributed by atoms with Gasteiger partial charge in [0, 0.05) is 18.7 Å². The lowest BCUT2D eigenvalue weighted by atomic mass is 10.00. The topological polar surface area (TPSA) is 55.4 Å². The average Bonchev–Trinajstić information content (AvgIpc) is 2.16. The summed E-state index contributed by atoms with van der Waals surface area (Å²) in [5.74, 6) is -0.128. The summed E-state index contributed by atoms with van der Waals surface area (Å²) in [5, 5.41) is 2.68. The fourth-order valence-electron chi connectivity index (χ4n) is 1.67.